The zero-order valence-corrected chi connectivity index (χ0v) is 21.4. The van der Waals surface area contributed by atoms with Crippen LogP contribution in [0.5, 0.6) is 0 Å². The molecule has 184 valence electrons. The van der Waals surface area contributed by atoms with Gasteiger partial charge < -0.3 is 9.80 Å². The normalized spacial score (nSPS) is 24.5. The third-order valence-corrected chi connectivity index (χ3v) is 8.06. The largest absolute Gasteiger partial charge is 0.339 e. The van der Waals surface area contributed by atoms with Crippen LogP contribution in [0.25, 0.3) is 0 Å². The van der Waals surface area contributed by atoms with Crippen molar-refractivity contribution in [1.29, 1.82) is 0 Å². The highest BCUT2D eigenvalue weighted by Gasteiger charge is 2.39. The van der Waals surface area contributed by atoms with Gasteiger partial charge in [0.15, 0.2) is 0 Å². The number of benzene rings is 3. The highest BCUT2D eigenvalue weighted by atomic mass is 35.5. The first-order valence-electron chi connectivity index (χ1n) is 12.8. The SMILES string of the molecule is CN(C(=O)c1ccccc1)C1CC(CN2CCCC(c3ccccc3)C2)C(c2ccccc2)C1.Cl. The number of amides is 1. The van der Waals surface area contributed by atoms with Crippen LogP contribution in [0.1, 0.15) is 59.0 Å². The Bertz CT molecular complexity index is 1060. The third-order valence-electron chi connectivity index (χ3n) is 8.06. The van der Waals surface area contributed by atoms with Gasteiger partial charge in [-0.25, -0.2) is 0 Å². The molecule has 4 heteroatoms. The van der Waals surface area contributed by atoms with E-state index >= 15 is 0 Å². The Labute approximate surface area is 216 Å². The van der Waals surface area contributed by atoms with E-state index in [1.165, 1.54) is 30.5 Å². The molecule has 1 saturated heterocycles. The molecule has 5 rings (SSSR count). The van der Waals surface area contributed by atoms with Gasteiger partial charge in [0.25, 0.3) is 5.91 Å². The Kier molecular flexibility index (Phi) is 8.64. The van der Waals surface area contributed by atoms with E-state index in [1.54, 1.807) is 0 Å². The lowest BCUT2D eigenvalue weighted by atomic mass is 9.86. The monoisotopic (exact) mass is 488 g/mol. The minimum Gasteiger partial charge on any atom is -0.339 e. The van der Waals surface area contributed by atoms with Crippen LogP contribution in [0, 0.1) is 5.92 Å². The van der Waals surface area contributed by atoms with E-state index in [4.69, 9.17) is 0 Å². The lowest BCUT2D eigenvalue weighted by Crippen LogP contribution is -2.39. The van der Waals surface area contributed by atoms with Gasteiger partial charge in [-0.1, -0.05) is 78.9 Å². The van der Waals surface area contributed by atoms with Gasteiger partial charge in [0, 0.05) is 31.7 Å². The van der Waals surface area contributed by atoms with Crippen molar-refractivity contribution >= 4 is 18.3 Å². The third kappa shape index (κ3) is 5.97. The first-order valence-corrected chi connectivity index (χ1v) is 12.8. The van der Waals surface area contributed by atoms with Gasteiger partial charge in [-0.15, -0.1) is 12.4 Å². The molecule has 35 heavy (non-hydrogen) atoms. The summed E-state index contributed by atoms with van der Waals surface area (Å²) in [6.45, 7) is 3.45. The molecule has 4 atom stereocenters. The number of likely N-dealkylation sites (tertiary alicyclic amines) is 1. The Balaban J connectivity index is 0.00000289. The molecule has 2 fully saturated rings. The molecule has 1 aliphatic heterocycles. The molecule has 0 radical (unpaired) electrons. The van der Waals surface area contributed by atoms with Crippen molar-refractivity contribution in [2.45, 2.75) is 43.6 Å². The summed E-state index contributed by atoms with van der Waals surface area (Å²) in [5, 5.41) is 0. The minimum absolute atomic E-state index is 0. The molecule has 4 unspecified atom stereocenters. The van der Waals surface area contributed by atoms with Gasteiger partial charge >= 0.3 is 0 Å². The fourth-order valence-electron chi connectivity index (χ4n) is 6.22. The number of piperidine rings is 1. The van der Waals surface area contributed by atoms with Crippen LogP contribution in [-0.4, -0.2) is 48.4 Å². The number of nitrogens with zero attached hydrogens (tertiary/aromatic N) is 2. The molecule has 3 aromatic rings. The number of carbonyl (C=O) groups is 1. The second kappa shape index (κ2) is 11.9. The van der Waals surface area contributed by atoms with Crippen LogP contribution >= 0.6 is 12.4 Å². The molecular formula is C31H37ClN2O. The van der Waals surface area contributed by atoms with Gasteiger partial charge in [0.2, 0.25) is 0 Å². The van der Waals surface area contributed by atoms with Crippen molar-refractivity contribution in [1.82, 2.24) is 9.80 Å². The first-order chi connectivity index (χ1) is 16.7. The molecule has 0 bridgehead atoms. The maximum atomic E-state index is 13.2. The molecule has 0 spiro atoms. The number of hydrogen-bond donors (Lipinski definition) is 0. The van der Waals surface area contributed by atoms with Crippen molar-refractivity contribution in [3.05, 3.63) is 108 Å². The van der Waals surface area contributed by atoms with E-state index in [9.17, 15) is 4.79 Å². The van der Waals surface area contributed by atoms with E-state index < -0.39 is 0 Å². The van der Waals surface area contributed by atoms with E-state index in [0.717, 1.165) is 31.5 Å². The molecule has 1 amide bonds. The summed E-state index contributed by atoms with van der Waals surface area (Å²) in [7, 11) is 2.00. The van der Waals surface area contributed by atoms with Crippen LogP contribution in [0.3, 0.4) is 0 Å². The summed E-state index contributed by atoms with van der Waals surface area (Å²) < 4.78 is 0. The minimum atomic E-state index is 0. The molecule has 1 aliphatic carbocycles. The van der Waals surface area contributed by atoms with Crippen molar-refractivity contribution in [3.63, 3.8) is 0 Å². The number of carbonyl (C=O) groups excluding carboxylic acids is 1. The smallest absolute Gasteiger partial charge is 0.253 e. The molecule has 0 aromatic heterocycles. The predicted molar refractivity (Wildman–Crippen MR) is 146 cm³/mol. The number of halogens is 1. The van der Waals surface area contributed by atoms with Crippen molar-refractivity contribution < 1.29 is 4.79 Å². The van der Waals surface area contributed by atoms with E-state index in [0.29, 0.717) is 17.8 Å². The summed E-state index contributed by atoms with van der Waals surface area (Å²) in [6.07, 6.45) is 4.66. The molecule has 0 N–H and O–H groups in total. The van der Waals surface area contributed by atoms with E-state index in [1.807, 2.05) is 42.3 Å². The van der Waals surface area contributed by atoms with Crippen LogP contribution in [0.2, 0.25) is 0 Å². The maximum absolute atomic E-state index is 13.2. The molecule has 3 aromatic carbocycles. The molecule has 3 nitrogen and oxygen atoms in total. The Morgan fingerprint density at radius 2 is 1.46 bits per heavy atom. The first kappa shape index (κ1) is 25.5. The second-order valence-corrected chi connectivity index (χ2v) is 10.2. The number of hydrogen-bond acceptors (Lipinski definition) is 2. The molecule has 1 heterocycles. The second-order valence-electron chi connectivity index (χ2n) is 10.2. The average molecular weight is 489 g/mol. The van der Waals surface area contributed by atoms with Gasteiger partial charge in [-0.3, -0.25) is 4.79 Å². The Hall–Kier alpha value is -2.62. The quantitative estimate of drug-likeness (QED) is 0.389. The lowest BCUT2D eigenvalue weighted by molar-refractivity contribution is 0.0729. The van der Waals surface area contributed by atoms with Crippen LogP contribution in [-0.2, 0) is 0 Å². The summed E-state index contributed by atoms with van der Waals surface area (Å²) in [5.41, 5.74) is 3.68. The van der Waals surface area contributed by atoms with Crippen molar-refractivity contribution in [2.24, 2.45) is 5.92 Å². The van der Waals surface area contributed by atoms with Crippen LogP contribution < -0.4 is 0 Å². The van der Waals surface area contributed by atoms with Crippen LogP contribution in [0.4, 0.5) is 0 Å². The van der Waals surface area contributed by atoms with Gasteiger partial charge in [-0.05, 0) is 73.2 Å². The average Bonchev–Trinajstić information content (AvgIpc) is 3.33. The van der Waals surface area contributed by atoms with Gasteiger partial charge in [-0.2, -0.15) is 0 Å². The Morgan fingerprint density at radius 3 is 2.11 bits per heavy atom. The van der Waals surface area contributed by atoms with Crippen LogP contribution in [0.15, 0.2) is 91.0 Å². The standard InChI is InChI=1S/C31H36N2O.ClH/c1-32(31(34)26-16-9-4-10-17-26)29-20-28(30(21-29)25-14-7-3-8-15-25)23-33-19-11-18-27(22-33)24-12-5-2-6-13-24;/h2-10,12-17,27-30H,11,18-23H2,1H3;1H. The highest BCUT2D eigenvalue weighted by Crippen LogP contribution is 2.43. The molecule has 2 aliphatic rings. The summed E-state index contributed by atoms with van der Waals surface area (Å²) in [6, 6.07) is 32.0. The Morgan fingerprint density at radius 1 is 0.857 bits per heavy atom. The molecular weight excluding hydrogens is 452 g/mol. The zero-order valence-electron chi connectivity index (χ0n) is 20.6. The van der Waals surface area contributed by atoms with Gasteiger partial charge in [0.1, 0.15) is 0 Å². The summed E-state index contributed by atoms with van der Waals surface area (Å²) in [5.74, 6) is 1.83. The topological polar surface area (TPSA) is 23.6 Å². The zero-order chi connectivity index (χ0) is 23.3. The predicted octanol–water partition coefficient (Wildman–Crippen LogP) is 6.62. The highest BCUT2D eigenvalue weighted by molar-refractivity contribution is 5.94. The summed E-state index contributed by atoms with van der Waals surface area (Å²) >= 11 is 0. The maximum Gasteiger partial charge on any atom is 0.253 e. The van der Waals surface area contributed by atoms with Gasteiger partial charge in [0.05, 0.1) is 0 Å². The van der Waals surface area contributed by atoms with E-state index in [2.05, 4.69) is 65.6 Å². The van der Waals surface area contributed by atoms with E-state index in [-0.39, 0.29) is 24.4 Å². The fraction of sp³-hybridized carbons (Fsp3) is 0.387. The fourth-order valence-corrected chi connectivity index (χ4v) is 6.22. The van der Waals surface area contributed by atoms with Crippen molar-refractivity contribution in [3.8, 4) is 0 Å². The molecule has 1 saturated carbocycles. The lowest BCUT2D eigenvalue weighted by Gasteiger charge is -2.36. The number of rotatable bonds is 6. The summed E-state index contributed by atoms with van der Waals surface area (Å²) in [4.78, 5) is 17.9. The van der Waals surface area contributed by atoms with Crippen molar-refractivity contribution in [2.75, 3.05) is 26.7 Å².